The number of nitrogens with zero attached hydrogens (tertiary/aromatic N) is 2. The summed E-state index contributed by atoms with van der Waals surface area (Å²) >= 11 is 11.3. The minimum Gasteiger partial charge on any atom is -0.354 e. The monoisotopic (exact) mass is 386 g/mol. The lowest BCUT2D eigenvalue weighted by molar-refractivity contribution is -0.121. The fourth-order valence-electron chi connectivity index (χ4n) is 2.71. The normalized spacial score (nSPS) is 10.7. The minimum absolute atomic E-state index is 0.113. The molecule has 0 bridgehead atoms. The number of amides is 1. The van der Waals surface area contributed by atoms with Gasteiger partial charge in [0, 0.05) is 17.1 Å². The smallest absolute Gasteiger partial charge is 0.240 e. The van der Waals surface area contributed by atoms with E-state index in [0.717, 1.165) is 16.7 Å². The van der Waals surface area contributed by atoms with Gasteiger partial charge >= 0.3 is 0 Å². The minimum atomic E-state index is -0.113. The SMILES string of the molecule is Cc1cccc(-c2n[nH]c(=S)n2CC(=O)NCCc2cccc(Cl)c2)c1. The molecule has 0 atom stereocenters. The summed E-state index contributed by atoms with van der Waals surface area (Å²) < 4.78 is 2.13. The van der Waals surface area contributed by atoms with Crippen LogP contribution in [-0.4, -0.2) is 27.2 Å². The molecule has 0 unspecified atom stereocenters. The second-order valence-corrected chi connectivity index (χ2v) is 6.86. The van der Waals surface area contributed by atoms with E-state index in [1.54, 1.807) is 4.57 Å². The molecule has 1 heterocycles. The third-order valence-electron chi connectivity index (χ3n) is 3.96. The van der Waals surface area contributed by atoms with Gasteiger partial charge in [0.25, 0.3) is 0 Å². The van der Waals surface area contributed by atoms with Gasteiger partial charge < -0.3 is 5.32 Å². The van der Waals surface area contributed by atoms with Crippen LogP contribution in [0.5, 0.6) is 0 Å². The van der Waals surface area contributed by atoms with E-state index >= 15 is 0 Å². The van der Waals surface area contributed by atoms with Crippen LogP contribution in [0.15, 0.2) is 48.5 Å². The standard InChI is InChI=1S/C19H19ClN4OS/c1-13-4-2-6-15(10-13)18-22-23-19(26)24(18)12-17(25)21-9-8-14-5-3-7-16(20)11-14/h2-7,10-11H,8-9,12H2,1H3,(H,21,25)(H,23,26). The molecular weight excluding hydrogens is 368 g/mol. The summed E-state index contributed by atoms with van der Waals surface area (Å²) in [6.45, 7) is 2.66. The van der Waals surface area contributed by atoms with Crippen molar-refractivity contribution in [3.63, 3.8) is 0 Å². The zero-order valence-electron chi connectivity index (χ0n) is 14.3. The number of hydrogen-bond acceptors (Lipinski definition) is 3. The molecule has 1 aromatic heterocycles. The first kappa shape index (κ1) is 18.4. The molecule has 0 saturated carbocycles. The maximum Gasteiger partial charge on any atom is 0.240 e. The molecule has 0 saturated heterocycles. The predicted molar refractivity (Wildman–Crippen MR) is 106 cm³/mol. The summed E-state index contributed by atoms with van der Waals surface area (Å²) in [4.78, 5) is 12.3. The molecule has 0 spiro atoms. The van der Waals surface area contributed by atoms with Crippen molar-refractivity contribution in [1.82, 2.24) is 20.1 Å². The van der Waals surface area contributed by atoms with Crippen molar-refractivity contribution in [2.75, 3.05) is 6.54 Å². The number of carbonyl (C=O) groups excluding carboxylic acids is 1. The van der Waals surface area contributed by atoms with Crippen molar-refractivity contribution in [2.24, 2.45) is 0 Å². The average molecular weight is 387 g/mol. The van der Waals surface area contributed by atoms with Crippen LogP contribution in [0.4, 0.5) is 0 Å². The van der Waals surface area contributed by atoms with Crippen molar-refractivity contribution in [1.29, 1.82) is 0 Å². The number of aromatic amines is 1. The summed E-state index contributed by atoms with van der Waals surface area (Å²) in [7, 11) is 0. The predicted octanol–water partition coefficient (Wildman–Crippen LogP) is 3.93. The van der Waals surface area contributed by atoms with E-state index in [9.17, 15) is 4.79 Å². The molecule has 0 radical (unpaired) electrons. The number of nitrogens with one attached hydrogen (secondary N) is 2. The molecule has 1 amide bonds. The number of carbonyl (C=O) groups is 1. The Morgan fingerprint density at radius 1 is 1.27 bits per heavy atom. The fourth-order valence-corrected chi connectivity index (χ4v) is 3.12. The molecule has 3 aromatic rings. The second-order valence-electron chi connectivity index (χ2n) is 6.04. The highest BCUT2D eigenvalue weighted by atomic mass is 35.5. The van der Waals surface area contributed by atoms with Gasteiger partial charge in [-0.25, -0.2) is 0 Å². The van der Waals surface area contributed by atoms with E-state index in [4.69, 9.17) is 23.8 Å². The van der Waals surface area contributed by atoms with Gasteiger partial charge in [0.05, 0.1) is 0 Å². The molecule has 0 aliphatic carbocycles. The molecule has 0 aliphatic rings. The number of halogens is 1. The molecule has 0 fully saturated rings. The number of aromatic nitrogens is 3. The Morgan fingerprint density at radius 3 is 2.85 bits per heavy atom. The Balaban J connectivity index is 1.64. The molecule has 0 aliphatic heterocycles. The number of hydrogen-bond donors (Lipinski definition) is 2. The highest BCUT2D eigenvalue weighted by molar-refractivity contribution is 7.71. The summed E-state index contributed by atoms with van der Waals surface area (Å²) in [6.07, 6.45) is 0.716. The number of H-pyrrole nitrogens is 1. The maximum atomic E-state index is 12.3. The Kier molecular flexibility index (Phi) is 5.85. The zero-order chi connectivity index (χ0) is 18.5. The van der Waals surface area contributed by atoms with Gasteiger partial charge in [-0.15, -0.1) is 0 Å². The summed E-state index contributed by atoms with van der Waals surface area (Å²) in [5.41, 5.74) is 3.12. The molecular formula is C19H19ClN4OS. The van der Waals surface area contributed by atoms with E-state index < -0.39 is 0 Å². The third-order valence-corrected chi connectivity index (χ3v) is 4.51. The number of aryl methyl sites for hydroxylation is 1. The molecule has 2 aromatic carbocycles. The lowest BCUT2D eigenvalue weighted by Gasteiger charge is -2.09. The zero-order valence-corrected chi connectivity index (χ0v) is 15.9. The lowest BCUT2D eigenvalue weighted by atomic mass is 10.1. The Bertz CT molecular complexity index is 979. The van der Waals surface area contributed by atoms with Gasteiger partial charge in [-0.3, -0.25) is 14.5 Å². The molecule has 5 nitrogen and oxygen atoms in total. The van der Waals surface area contributed by atoms with Crippen LogP contribution in [0, 0.1) is 11.7 Å². The van der Waals surface area contributed by atoms with Crippen LogP contribution in [0.1, 0.15) is 11.1 Å². The molecule has 7 heteroatoms. The van der Waals surface area contributed by atoms with Crippen molar-refractivity contribution >= 4 is 29.7 Å². The first-order valence-electron chi connectivity index (χ1n) is 8.26. The van der Waals surface area contributed by atoms with Crippen molar-refractivity contribution < 1.29 is 4.79 Å². The summed E-state index contributed by atoms with van der Waals surface area (Å²) in [5, 5.41) is 10.6. The van der Waals surface area contributed by atoms with Gasteiger partial charge in [0.1, 0.15) is 6.54 Å². The molecule has 3 rings (SSSR count). The Labute approximate surface area is 162 Å². The highest BCUT2D eigenvalue weighted by Gasteiger charge is 2.12. The van der Waals surface area contributed by atoms with Gasteiger partial charge in [0.2, 0.25) is 5.91 Å². The van der Waals surface area contributed by atoms with Crippen molar-refractivity contribution in [3.8, 4) is 11.4 Å². The van der Waals surface area contributed by atoms with Gasteiger partial charge in [0.15, 0.2) is 10.6 Å². The molecule has 26 heavy (non-hydrogen) atoms. The average Bonchev–Trinajstić information content (AvgIpc) is 2.96. The topological polar surface area (TPSA) is 62.7 Å². The van der Waals surface area contributed by atoms with E-state index in [1.165, 1.54) is 0 Å². The summed E-state index contributed by atoms with van der Waals surface area (Å²) in [5.74, 6) is 0.544. The Hall–Kier alpha value is -2.44. The van der Waals surface area contributed by atoms with E-state index in [-0.39, 0.29) is 12.5 Å². The van der Waals surface area contributed by atoms with Crippen LogP contribution in [0.25, 0.3) is 11.4 Å². The van der Waals surface area contributed by atoms with E-state index in [0.29, 0.717) is 28.6 Å². The first-order chi connectivity index (χ1) is 12.5. The van der Waals surface area contributed by atoms with E-state index in [2.05, 4.69) is 15.5 Å². The Morgan fingerprint density at radius 2 is 2.08 bits per heavy atom. The largest absolute Gasteiger partial charge is 0.354 e. The number of rotatable bonds is 6. The van der Waals surface area contributed by atoms with Crippen molar-refractivity contribution in [3.05, 3.63) is 69.5 Å². The third kappa shape index (κ3) is 4.59. The molecule has 134 valence electrons. The number of benzene rings is 2. The van der Waals surface area contributed by atoms with Crippen LogP contribution in [0.3, 0.4) is 0 Å². The maximum absolute atomic E-state index is 12.3. The first-order valence-corrected chi connectivity index (χ1v) is 9.05. The van der Waals surface area contributed by atoms with Crippen LogP contribution < -0.4 is 5.32 Å². The fraction of sp³-hybridized carbons (Fsp3) is 0.211. The highest BCUT2D eigenvalue weighted by Crippen LogP contribution is 2.18. The molecule has 2 N–H and O–H groups in total. The lowest BCUT2D eigenvalue weighted by Crippen LogP contribution is -2.29. The second kappa shape index (κ2) is 8.29. The van der Waals surface area contributed by atoms with Crippen LogP contribution in [0.2, 0.25) is 5.02 Å². The van der Waals surface area contributed by atoms with Gasteiger partial charge in [-0.2, -0.15) is 5.10 Å². The van der Waals surface area contributed by atoms with Crippen molar-refractivity contribution in [2.45, 2.75) is 19.9 Å². The van der Waals surface area contributed by atoms with Crippen LogP contribution >= 0.6 is 23.8 Å². The van der Waals surface area contributed by atoms with Gasteiger partial charge in [-0.1, -0.05) is 47.5 Å². The quantitative estimate of drug-likeness (QED) is 0.631. The van der Waals surface area contributed by atoms with Gasteiger partial charge in [-0.05, 0) is 49.3 Å². The van der Waals surface area contributed by atoms with E-state index in [1.807, 2.05) is 55.5 Å². The van der Waals surface area contributed by atoms with Crippen LogP contribution in [-0.2, 0) is 17.8 Å². The summed E-state index contributed by atoms with van der Waals surface area (Å²) in [6, 6.07) is 15.5.